The van der Waals surface area contributed by atoms with Gasteiger partial charge < -0.3 is 19.7 Å². The number of fused-ring (bicyclic) bond motifs is 1. The number of piperidine rings is 1. The van der Waals surface area contributed by atoms with Gasteiger partial charge in [-0.1, -0.05) is 6.07 Å². The quantitative estimate of drug-likeness (QED) is 0.789. The molecule has 0 radical (unpaired) electrons. The van der Waals surface area contributed by atoms with Gasteiger partial charge in [-0.3, -0.25) is 14.6 Å². The van der Waals surface area contributed by atoms with Crippen LogP contribution in [-0.4, -0.2) is 85.8 Å². The third-order valence-corrected chi connectivity index (χ3v) is 6.05. The van der Waals surface area contributed by atoms with Crippen LogP contribution in [0.4, 0.5) is 0 Å². The molecule has 3 heterocycles. The standard InChI is InChI=1S/C21H32N4O3/c1-17(26)22-6-8-23-7-2-3-19(15-23)25-11-9-24(10-12-25)14-18-4-5-20-21(13-18)28-16-27-20/h4-5,13,19H,2-3,6-12,14-16H2,1H3,(H,22,26)/t19-/m0/s1. The van der Waals surface area contributed by atoms with Crippen molar-refractivity contribution < 1.29 is 14.3 Å². The molecule has 0 aromatic heterocycles. The van der Waals surface area contributed by atoms with Crippen LogP contribution in [0.3, 0.4) is 0 Å². The van der Waals surface area contributed by atoms with Crippen molar-refractivity contribution in [3.63, 3.8) is 0 Å². The Hall–Kier alpha value is -1.83. The maximum absolute atomic E-state index is 11.1. The zero-order valence-electron chi connectivity index (χ0n) is 16.9. The fraction of sp³-hybridized carbons (Fsp3) is 0.667. The van der Waals surface area contributed by atoms with Gasteiger partial charge in [0.15, 0.2) is 11.5 Å². The van der Waals surface area contributed by atoms with Crippen molar-refractivity contribution in [3.8, 4) is 11.5 Å². The molecule has 3 aliphatic heterocycles. The molecular weight excluding hydrogens is 356 g/mol. The van der Waals surface area contributed by atoms with Gasteiger partial charge in [0.1, 0.15) is 0 Å². The second-order valence-corrected chi connectivity index (χ2v) is 8.08. The topological polar surface area (TPSA) is 57.3 Å². The summed E-state index contributed by atoms with van der Waals surface area (Å²) in [4.78, 5) is 18.8. The number of carbonyl (C=O) groups excluding carboxylic acids is 1. The Morgan fingerprint density at radius 2 is 1.93 bits per heavy atom. The highest BCUT2D eigenvalue weighted by molar-refractivity contribution is 5.72. The second-order valence-electron chi connectivity index (χ2n) is 8.08. The van der Waals surface area contributed by atoms with Gasteiger partial charge in [-0.05, 0) is 37.1 Å². The highest BCUT2D eigenvalue weighted by Gasteiger charge is 2.28. The first-order chi connectivity index (χ1) is 13.7. The minimum absolute atomic E-state index is 0.0622. The maximum atomic E-state index is 11.1. The summed E-state index contributed by atoms with van der Waals surface area (Å²) in [7, 11) is 0. The van der Waals surface area contributed by atoms with Crippen molar-refractivity contribution >= 4 is 5.91 Å². The highest BCUT2D eigenvalue weighted by Crippen LogP contribution is 2.33. The Morgan fingerprint density at radius 1 is 1.11 bits per heavy atom. The van der Waals surface area contributed by atoms with E-state index in [0.29, 0.717) is 12.8 Å². The number of hydrogen-bond acceptors (Lipinski definition) is 6. The first-order valence-electron chi connectivity index (χ1n) is 10.5. The highest BCUT2D eigenvalue weighted by atomic mass is 16.7. The monoisotopic (exact) mass is 388 g/mol. The largest absolute Gasteiger partial charge is 0.454 e. The van der Waals surface area contributed by atoms with Crippen molar-refractivity contribution in [3.05, 3.63) is 23.8 Å². The van der Waals surface area contributed by atoms with Crippen molar-refractivity contribution in [2.24, 2.45) is 0 Å². The Labute approximate surface area is 167 Å². The SMILES string of the molecule is CC(=O)NCCN1CCC[C@H](N2CCN(Cc3ccc4c(c3)OCO4)CC2)C1. The van der Waals surface area contributed by atoms with Gasteiger partial charge in [0, 0.05) is 65.3 Å². The number of ether oxygens (including phenoxy) is 2. The molecule has 1 aromatic carbocycles. The van der Waals surface area contributed by atoms with Crippen LogP contribution in [0.25, 0.3) is 0 Å². The van der Waals surface area contributed by atoms with Crippen molar-refractivity contribution in [2.45, 2.75) is 32.4 Å². The minimum Gasteiger partial charge on any atom is -0.454 e. The van der Waals surface area contributed by atoms with Gasteiger partial charge >= 0.3 is 0 Å². The number of likely N-dealkylation sites (tertiary alicyclic amines) is 1. The fourth-order valence-corrected chi connectivity index (χ4v) is 4.51. The molecule has 3 aliphatic rings. The summed E-state index contributed by atoms with van der Waals surface area (Å²) >= 11 is 0. The molecule has 2 saturated heterocycles. The van der Waals surface area contributed by atoms with Gasteiger partial charge in [-0.15, -0.1) is 0 Å². The zero-order chi connectivity index (χ0) is 19.3. The Morgan fingerprint density at radius 3 is 2.75 bits per heavy atom. The molecule has 154 valence electrons. The van der Waals surface area contributed by atoms with E-state index >= 15 is 0 Å². The van der Waals surface area contributed by atoms with Crippen LogP contribution in [0, 0.1) is 0 Å². The van der Waals surface area contributed by atoms with Crippen molar-refractivity contribution in [2.75, 3.05) is 59.2 Å². The minimum atomic E-state index is 0.0622. The lowest BCUT2D eigenvalue weighted by Crippen LogP contribution is -2.55. The van der Waals surface area contributed by atoms with Crippen LogP contribution < -0.4 is 14.8 Å². The molecule has 28 heavy (non-hydrogen) atoms. The van der Waals surface area contributed by atoms with E-state index in [-0.39, 0.29) is 5.91 Å². The van der Waals surface area contributed by atoms with E-state index in [9.17, 15) is 4.79 Å². The van der Waals surface area contributed by atoms with Crippen LogP contribution in [0.5, 0.6) is 11.5 Å². The number of carbonyl (C=O) groups is 1. The van der Waals surface area contributed by atoms with Crippen LogP contribution in [0.1, 0.15) is 25.3 Å². The third-order valence-electron chi connectivity index (χ3n) is 6.05. The van der Waals surface area contributed by atoms with E-state index in [4.69, 9.17) is 9.47 Å². The summed E-state index contributed by atoms with van der Waals surface area (Å²) in [5.41, 5.74) is 1.29. The number of nitrogens with one attached hydrogen (secondary N) is 1. The van der Waals surface area contributed by atoms with Crippen LogP contribution >= 0.6 is 0 Å². The molecule has 0 bridgehead atoms. The lowest BCUT2D eigenvalue weighted by atomic mass is 10.0. The first kappa shape index (κ1) is 19.5. The van der Waals surface area contributed by atoms with E-state index in [0.717, 1.165) is 70.4 Å². The Bertz CT molecular complexity index is 676. The van der Waals surface area contributed by atoms with E-state index in [1.165, 1.54) is 18.4 Å². The van der Waals surface area contributed by atoms with Crippen LogP contribution in [0.15, 0.2) is 18.2 Å². The van der Waals surface area contributed by atoms with Gasteiger partial charge in [0.2, 0.25) is 12.7 Å². The molecule has 0 aliphatic carbocycles. The molecule has 1 atom stereocenters. The molecule has 7 nitrogen and oxygen atoms in total. The predicted octanol–water partition coefficient (Wildman–Crippen LogP) is 1.13. The van der Waals surface area contributed by atoms with Crippen molar-refractivity contribution in [1.82, 2.24) is 20.0 Å². The van der Waals surface area contributed by atoms with E-state index in [1.807, 2.05) is 6.07 Å². The van der Waals surface area contributed by atoms with E-state index in [2.05, 4.69) is 32.1 Å². The second kappa shape index (κ2) is 9.11. The number of piperazine rings is 1. The molecule has 1 amide bonds. The molecule has 7 heteroatoms. The number of amides is 1. The van der Waals surface area contributed by atoms with Gasteiger partial charge in [-0.2, -0.15) is 0 Å². The van der Waals surface area contributed by atoms with Gasteiger partial charge in [0.25, 0.3) is 0 Å². The predicted molar refractivity (Wildman–Crippen MR) is 108 cm³/mol. The summed E-state index contributed by atoms with van der Waals surface area (Å²) in [6, 6.07) is 6.93. The van der Waals surface area contributed by atoms with Gasteiger partial charge in [0.05, 0.1) is 0 Å². The molecule has 0 saturated carbocycles. The summed E-state index contributed by atoms with van der Waals surface area (Å²) in [6.45, 7) is 11.4. The van der Waals surface area contributed by atoms with E-state index in [1.54, 1.807) is 6.92 Å². The molecule has 1 N–H and O–H groups in total. The summed E-state index contributed by atoms with van der Waals surface area (Å²) in [6.07, 6.45) is 2.54. The zero-order valence-corrected chi connectivity index (χ0v) is 16.9. The molecular formula is C21H32N4O3. The number of nitrogens with zero attached hydrogens (tertiary/aromatic N) is 3. The molecule has 0 spiro atoms. The molecule has 4 rings (SSSR count). The average Bonchev–Trinajstić information content (AvgIpc) is 3.16. The maximum Gasteiger partial charge on any atom is 0.231 e. The van der Waals surface area contributed by atoms with Crippen molar-refractivity contribution in [1.29, 1.82) is 0 Å². The first-order valence-corrected chi connectivity index (χ1v) is 10.5. The molecule has 0 unspecified atom stereocenters. The number of benzene rings is 1. The Balaban J connectivity index is 1.22. The normalized spacial score (nSPS) is 23.7. The Kier molecular flexibility index (Phi) is 6.34. The van der Waals surface area contributed by atoms with Crippen LogP contribution in [-0.2, 0) is 11.3 Å². The van der Waals surface area contributed by atoms with Crippen LogP contribution in [0.2, 0.25) is 0 Å². The lowest BCUT2D eigenvalue weighted by Gasteiger charge is -2.43. The summed E-state index contributed by atoms with van der Waals surface area (Å²) in [5, 5.41) is 2.91. The van der Waals surface area contributed by atoms with Gasteiger partial charge in [-0.25, -0.2) is 0 Å². The average molecular weight is 389 g/mol. The summed E-state index contributed by atoms with van der Waals surface area (Å²) < 4.78 is 10.9. The lowest BCUT2D eigenvalue weighted by molar-refractivity contribution is -0.119. The number of rotatable bonds is 6. The third kappa shape index (κ3) is 4.96. The fourth-order valence-electron chi connectivity index (χ4n) is 4.51. The van der Waals surface area contributed by atoms with E-state index < -0.39 is 0 Å². The molecule has 2 fully saturated rings. The number of hydrogen-bond donors (Lipinski definition) is 1. The molecule has 1 aromatic rings. The smallest absolute Gasteiger partial charge is 0.231 e. The summed E-state index contributed by atoms with van der Waals surface area (Å²) in [5.74, 6) is 1.79.